The molecule has 0 bridgehead atoms. The zero-order chi connectivity index (χ0) is 20.2. The van der Waals surface area contributed by atoms with Crippen molar-refractivity contribution in [1.82, 2.24) is 0 Å². The van der Waals surface area contributed by atoms with Crippen LogP contribution in [0.5, 0.6) is 5.75 Å². The van der Waals surface area contributed by atoms with Crippen LogP contribution in [-0.4, -0.2) is 54.1 Å². The molecule has 0 spiro atoms. The average molecular weight is 451 g/mol. The van der Waals surface area contributed by atoms with Gasteiger partial charge in [0.15, 0.2) is 0 Å². The van der Waals surface area contributed by atoms with Crippen LogP contribution in [0.1, 0.15) is 32.6 Å². The third kappa shape index (κ3) is 7.69. The van der Waals surface area contributed by atoms with E-state index in [2.05, 4.69) is 11.8 Å². The summed E-state index contributed by atoms with van der Waals surface area (Å²) in [7, 11) is 3.07. The molecule has 1 atom stereocenters. The van der Waals surface area contributed by atoms with Crippen molar-refractivity contribution in [3.05, 3.63) is 36.4 Å². The van der Waals surface area contributed by atoms with E-state index in [0.717, 1.165) is 29.5 Å². The average Bonchev–Trinajstić information content (AvgIpc) is 3.15. The second kappa shape index (κ2) is 11.9. The fourth-order valence-electron chi connectivity index (χ4n) is 2.72. The van der Waals surface area contributed by atoms with Crippen LogP contribution in [0.4, 0.5) is 0 Å². The molecule has 28 heavy (non-hydrogen) atoms. The molecule has 6 heteroatoms. The van der Waals surface area contributed by atoms with Gasteiger partial charge in [-0.3, -0.25) is 0 Å². The van der Waals surface area contributed by atoms with E-state index in [-0.39, 0.29) is 25.7 Å². The molecule has 1 aromatic rings. The first kappa shape index (κ1) is 22.5. The number of carbonyl (C=O) groups excluding carboxylic acids is 1. The topological polar surface area (TPSA) is 54.0 Å². The zero-order valence-electron chi connectivity index (χ0n) is 16.7. The van der Waals surface area contributed by atoms with Crippen molar-refractivity contribution in [2.24, 2.45) is 0 Å². The van der Waals surface area contributed by atoms with Gasteiger partial charge in [0, 0.05) is 0 Å². The van der Waals surface area contributed by atoms with E-state index in [1.807, 2.05) is 43.3 Å². The van der Waals surface area contributed by atoms with Crippen molar-refractivity contribution in [2.45, 2.75) is 43.2 Å². The molecule has 1 heterocycles. The Hall–Kier alpha value is -1.77. The number of allylic oxidation sites excluding steroid dienone is 2. The number of ether oxygens (including phenoxy) is 4. The van der Waals surface area contributed by atoms with E-state index in [1.165, 1.54) is 7.11 Å². The van der Waals surface area contributed by atoms with E-state index in [9.17, 15) is 4.79 Å². The summed E-state index contributed by atoms with van der Waals surface area (Å²) >= 11 is -0.0200. The zero-order valence-corrected chi connectivity index (χ0v) is 18.4. The first-order chi connectivity index (χ1) is 13.6. The molecule has 1 unspecified atom stereocenters. The minimum absolute atomic E-state index is 0.0200. The molecular formula is C22H28O5Se. The van der Waals surface area contributed by atoms with Crippen LogP contribution in [0.3, 0.4) is 0 Å². The number of esters is 1. The maximum absolute atomic E-state index is 12.1. The second-order valence-electron chi connectivity index (χ2n) is 6.45. The quantitative estimate of drug-likeness (QED) is 0.250. The van der Waals surface area contributed by atoms with Crippen LogP contribution in [-0.2, 0) is 19.0 Å². The molecule has 1 aliphatic heterocycles. The third-order valence-electron chi connectivity index (χ3n) is 4.29. The molecule has 0 radical (unpaired) electrons. The van der Waals surface area contributed by atoms with E-state index >= 15 is 0 Å². The van der Waals surface area contributed by atoms with E-state index < -0.39 is 5.79 Å². The summed E-state index contributed by atoms with van der Waals surface area (Å²) in [6.45, 7) is 3.32. The van der Waals surface area contributed by atoms with Gasteiger partial charge >= 0.3 is 174 Å². The fraction of sp³-hybridized carbons (Fsp3) is 0.500. The van der Waals surface area contributed by atoms with Gasteiger partial charge in [-0.05, 0) is 0 Å². The van der Waals surface area contributed by atoms with Crippen LogP contribution in [0.15, 0.2) is 36.4 Å². The van der Waals surface area contributed by atoms with Crippen molar-refractivity contribution in [3.63, 3.8) is 0 Å². The molecular weight excluding hydrogens is 423 g/mol. The molecule has 1 aliphatic rings. The number of hydrogen-bond acceptors (Lipinski definition) is 5. The SMILES string of the molecule is COC(=O)C(C/C=C/C#CCCCC1(C)OCCO1)[Se]c1ccc(OC)cc1. The fourth-order valence-corrected chi connectivity index (χ4v) is 4.87. The van der Waals surface area contributed by atoms with Crippen LogP contribution in [0, 0.1) is 11.8 Å². The van der Waals surface area contributed by atoms with Crippen molar-refractivity contribution >= 4 is 25.4 Å². The molecule has 0 aliphatic carbocycles. The number of carbonyl (C=O) groups is 1. The number of methoxy groups -OCH3 is 2. The van der Waals surface area contributed by atoms with Gasteiger partial charge in [-0.1, -0.05) is 0 Å². The molecule has 2 rings (SSSR count). The predicted molar refractivity (Wildman–Crippen MR) is 110 cm³/mol. The summed E-state index contributed by atoms with van der Waals surface area (Å²) in [5.74, 6) is 6.37. The van der Waals surface area contributed by atoms with Crippen LogP contribution >= 0.6 is 0 Å². The maximum atomic E-state index is 12.1. The van der Waals surface area contributed by atoms with Gasteiger partial charge in [0.2, 0.25) is 0 Å². The van der Waals surface area contributed by atoms with E-state index in [4.69, 9.17) is 18.9 Å². The summed E-state index contributed by atoms with van der Waals surface area (Å²) in [5, 5.41) is 0. The Labute approximate surface area is 173 Å². The Balaban J connectivity index is 1.76. The van der Waals surface area contributed by atoms with Crippen LogP contribution < -0.4 is 9.20 Å². The number of hydrogen-bond donors (Lipinski definition) is 0. The molecule has 0 N–H and O–H groups in total. The van der Waals surface area contributed by atoms with Gasteiger partial charge in [-0.25, -0.2) is 0 Å². The first-order valence-corrected chi connectivity index (χ1v) is 11.2. The van der Waals surface area contributed by atoms with E-state index in [0.29, 0.717) is 19.6 Å². The summed E-state index contributed by atoms with van der Waals surface area (Å²) in [5.41, 5.74) is 0. The predicted octanol–water partition coefficient (Wildman–Crippen LogP) is 2.87. The Morgan fingerprint density at radius 3 is 2.64 bits per heavy atom. The molecule has 1 fully saturated rings. The summed E-state index contributed by atoms with van der Waals surface area (Å²) in [6, 6.07) is 7.82. The van der Waals surface area contributed by atoms with Gasteiger partial charge in [0.1, 0.15) is 0 Å². The molecule has 1 aromatic carbocycles. The number of unbranched alkanes of at least 4 members (excludes halogenated alkanes) is 1. The van der Waals surface area contributed by atoms with Gasteiger partial charge in [0.05, 0.1) is 0 Å². The normalized spacial score (nSPS) is 16.4. The number of rotatable bonds is 9. The minimum atomic E-state index is -0.436. The first-order valence-electron chi connectivity index (χ1n) is 9.36. The van der Waals surface area contributed by atoms with Gasteiger partial charge < -0.3 is 0 Å². The second-order valence-corrected chi connectivity index (χ2v) is 9.13. The molecule has 0 saturated carbocycles. The Morgan fingerprint density at radius 2 is 2.00 bits per heavy atom. The van der Waals surface area contributed by atoms with Gasteiger partial charge in [-0.15, -0.1) is 0 Å². The van der Waals surface area contributed by atoms with Crippen LogP contribution in [0.25, 0.3) is 0 Å². The molecule has 0 aromatic heterocycles. The summed E-state index contributed by atoms with van der Waals surface area (Å²) in [6.07, 6.45) is 6.97. The molecule has 5 nitrogen and oxygen atoms in total. The monoisotopic (exact) mass is 452 g/mol. The van der Waals surface area contributed by atoms with E-state index in [1.54, 1.807) is 7.11 Å². The molecule has 152 valence electrons. The van der Waals surface area contributed by atoms with Crippen molar-refractivity contribution in [1.29, 1.82) is 0 Å². The van der Waals surface area contributed by atoms with Crippen molar-refractivity contribution in [2.75, 3.05) is 27.4 Å². The summed E-state index contributed by atoms with van der Waals surface area (Å²) in [4.78, 5) is 11.9. The Morgan fingerprint density at radius 1 is 1.29 bits per heavy atom. The standard InChI is InChI=1S/C22H28O5Se/c1-22(26-16-17-27-22)15-9-7-5-4-6-8-10-20(21(23)25-3)28-19-13-11-18(24-2)12-14-19/h6,8,11-14,20H,7,9-10,15-17H2,1-3H3/b8-6+. The van der Waals surface area contributed by atoms with Crippen molar-refractivity contribution in [3.8, 4) is 17.6 Å². The van der Waals surface area contributed by atoms with Crippen LogP contribution in [0.2, 0.25) is 4.82 Å². The Bertz CT molecular complexity index is 696. The van der Waals surface area contributed by atoms with Gasteiger partial charge in [0.25, 0.3) is 0 Å². The molecule has 1 saturated heterocycles. The Kier molecular flexibility index (Phi) is 9.60. The van der Waals surface area contributed by atoms with Crippen molar-refractivity contribution < 1.29 is 23.7 Å². The summed E-state index contributed by atoms with van der Waals surface area (Å²) < 4.78 is 22.4. The molecule has 0 amide bonds. The van der Waals surface area contributed by atoms with Gasteiger partial charge in [-0.2, -0.15) is 0 Å². The number of benzene rings is 1. The third-order valence-corrected chi connectivity index (χ3v) is 6.83.